The van der Waals surface area contributed by atoms with Crippen LogP contribution in [-0.4, -0.2) is 34.9 Å². The van der Waals surface area contributed by atoms with Crippen molar-refractivity contribution in [1.29, 1.82) is 0 Å². The molecule has 0 aliphatic carbocycles. The molecule has 1 atom stereocenters. The van der Waals surface area contributed by atoms with Crippen LogP contribution >= 0.6 is 11.3 Å². The van der Waals surface area contributed by atoms with Crippen LogP contribution < -0.4 is 0 Å². The van der Waals surface area contributed by atoms with E-state index < -0.39 is 0 Å². The van der Waals surface area contributed by atoms with Gasteiger partial charge in [-0.15, -0.1) is 11.3 Å². The monoisotopic (exact) mass is 305 g/mol. The van der Waals surface area contributed by atoms with Gasteiger partial charge in [-0.05, 0) is 26.0 Å². The molecule has 1 aliphatic rings. The van der Waals surface area contributed by atoms with Gasteiger partial charge in [-0.3, -0.25) is 9.58 Å². The number of methoxy groups -OCH3 is 1. The van der Waals surface area contributed by atoms with Crippen LogP contribution in [0.1, 0.15) is 33.9 Å². The minimum atomic E-state index is 0.419. The maximum Gasteiger partial charge on any atom is 0.0558 e. The predicted octanol–water partition coefficient (Wildman–Crippen LogP) is 3.02. The molecule has 2 aromatic rings. The molecule has 0 radical (unpaired) electrons. The van der Waals surface area contributed by atoms with Crippen molar-refractivity contribution < 1.29 is 4.74 Å². The molecule has 0 saturated heterocycles. The molecule has 21 heavy (non-hydrogen) atoms. The summed E-state index contributed by atoms with van der Waals surface area (Å²) >= 11 is 1.89. The molecule has 5 heteroatoms. The predicted molar refractivity (Wildman–Crippen MR) is 85.7 cm³/mol. The first-order chi connectivity index (χ1) is 10.2. The average molecular weight is 305 g/mol. The van der Waals surface area contributed by atoms with Crippen LogP contribution in [0.4, 0.5) is 0 Å². The number of hydrogen-bond donors (Lipinski definition) is 0. The number of fused-ring (bicyclic) bond motifs is 1. The van der Waals surface area contributed by atoms with Crippen LogP contribution in [0, 0.1) is 6.92 Å². The van der Waals surface area contributed by atoms with Crippen molar-refractivity contribution in [3.8, 4) is 0 Å². The van der Waals surface area contributed by atoms with Crippen molar-refractivity contribution >= 4 is 11.3 Å². The zero-order valence-electron chi connectivity index (χ0n) is 13.0. The van der Waals surface area contributed by atoms with Crippen LogP contribution in [0.25, 0.3) is 0 Å². The van der Waals surface area contributed by atoms with Crippen LogP contribution in [0.15, 0.2) is 18.3 Å². The Balaban J connectivity index is 1.80. The molecule has 4 nitrogen and oxygen atoms in total. The number of aryl methyl sites for hydroxylation is 2. The molecular formula is C16H23N3OS. The Morgan fingerprint density at radius 2 is 2.29 bits per heavy atom. The maximum atomic E-state index is 5.44. The van der Waals surface area contributed by atoms with E-state index in [1.54, 1.807) is 7.11 Å². The summed E-state index contributed by atoms with van der Waals surface area (Å²) in [5, 5.41) is 4.53. The number of thiophene rings is 1. The Morgan fingerprint density at radius 3 is 2.95 bits per heavy atom. The molecule has 3 heterocycles. The third-order valence-electron chi connectivity index (χ3n) is 4.06. The summed E-state index contributed by atoms with van der Waals surface area (Å²) in [6, 6.07) is 4.45. The Labute approximate surface area is 130 Å². The second-order valence-electron chi connectivity index (χ2n) is 5.71. The first-order valence-electron chi connectivity index (χ1n) is 7.52. The number of nitrogens with zero attached hydrogens (tertiary/aromatic N) is 3. The summed E-state index contributed by atoms with van der Waals surface area (Å²) in [6.45, 7) is 9.07. The molecular weight excluding hydrogens is 282 g/mol. The lowest BCUT2D eigenvalue weighted by atomic mass is 9.97. The van der Waals surface area contributed by atoms with Gasteiger partial charge in [0.05, 0.1) is 12.8 Å². The minimum Gasteiger partial charge on any atom is -0.384 e. The zero-order valence-corrected chi connectivity index (χ0v) is 13.8. The van der Waals surface area contributed by atoms with Crippen molar-refractivity contribution in [2.24, 2.45) is 0 Å². The fraction of sp³-hybridized carbons (Fsp3) is 0.562. The lowest BCUT2D eigenvalue weighted by Gasteiger charge is -2.32. The summed E-state index contributed by atoms with van der Waals surface area (Å²) in [7, 11) is 1.79. The van der Waals surface area contributed by atoms with Crippen LogP contribution in [0.5, 0.6) is 0 Å². The molecule has 114 valence electrons. The topological polar surface area (TPSA) is 30.3 Å². The number of hydrogen-bond acceptors (Lipinski definition) is 4. The lowest BCUT2D eigenvalue weighted by molar-refractivity contribution is 0.132. The highest BCUT2D eigenvalue weighted by Crippen LogP contribution is 2.30. The van der Waals surface area contributed by atoms with E-state index >= 15 is 0 Å². The Kier molecular flexibility index (Phi) is 4.42. The van der Waals surface area contributed by atoms with Gasteiger partial charge in [0.25, 0.3) is 0 Å². The third kappa shape index (κ3) is 3.05. The first-order valence-corrected chi connectivity index (χ1v) is 8.34. The van der Waals surface area contributed by atoms with E-state index in [2.05, 4.69) is 40.7 Å². The number of rotatable bonds is 5. The Hall–Kier alpha value is -1.17. The normalized spacial score (nSPS) is 18.9. The molecule has 1 unspecified atom stereocenters. The smallest absolute Gasteiger partial charge is 0.0558 e. The molecule has 0 bridgehead atoms. The Bertz CT molecular complexity index is 604. The van der Waals surface area contributed by atoms with Gasteiger partial charge in [-0.2, -0.15) is 5.10 Å². The van der Waals surface area contributed by atoms with E-state index in [-0.39, 0.29) is 0 Å². The van der Waals surface area contributed by atoms with E-state index in [0.717, 1.165) is 32.8 Å². The lowest BCUT2D eigenvalue weighted by Crippen LogP contribution is -2.35. The fourth-order valence-electron chi connectivity index (χ4n) is 3.23. The molecule has 0 amide bonds. The van der Waals surface area contributed by atoms with Gasteiger partial charge in [-0.1, -0.05) is 0 Å². The van der Waals surface area contributed by atoms with E-state index in [4.69, 9.17) is 4.74 Å². The second-order valence-corrected chi connectivity index (χ2v) is 7.08. The van der Waals surface area contributed by atoms with Gasteiger partial charge in [0.1, 0.15) is 0 Å². The summed E-state index contributed by atoms with van der Waals surface area (Å²) in [4.78, 5) is 5.34. The standard InChI is InChI=1S/C16H23N3OS/c1-4-19-16-13(7-17-19)8-18(9-14(16)11-20-3)10-15-6-5-12(2)21-15/h5-7,14H,4,8-11H2,1-3H3. The SMILES string of the molecule is CCn1ncc2c1C(COC)CN(Cc1ccc(C)s1)C2. The summed E-state index contributed by atoms with van der Waals surface area (Å²) in [6.07, 6.45) is 2.04. The number of aromatic nitrogens is 2. The minimum absolute atomic E-state index is 0.419. The summed E-state index contributed by atoms with van der Waals surface area (Å²) in [5.74, 6) is 0.419. The zero-order chi connectivity index (χ0) is 14.8. The maximum absolute atomic E-state index is 5.44. The van der Waals surface area contributed by atoms with Gasteiger partial charge in [0.2, 0.25) is 0 Å². The van der Waals surface area contributed by atoms with E-state index in [1.165, 1.54) is 21.0 Å². The van der Waals surface area contributed by atoms with Crippen LogP contribution in [0.2, 0.25) is 0 Å². The van der Waals surface area contributed by atoms with Crippen molar-refractivity contribution in [3.63, 3.8) is 0 Å². The van der Waals surface area contributed by atoms with Gasteiger partial charge >= 0.3 is 0 Å². The highest BCUT2D eigenvalue weighted by atomic mass is 32.1. The highest BCUT2D eigenvalue weighted by Gasteiger charge is 2.29. The van der Waals surface area contributed by atoms with E-state index in [9.17, 15) is 0 Å². The Morgan fingerprint density at radius 1 is 1.43 bits per heavy atom. The van der Waals surface area contributed by atoms with Crippen molar-refractivity contribution in [2.75, 3.05) is 20.3 Å². The number of ether oxygens (including phenoxy) is 1. The fourth-order valence-corrected chi connectivity index (χ4v) is 4.16. The molecule has 0 N–H and O–H groups in total. The molecule has 0 fully saturated rings. The van der Waals surface area contributed by atoms with Crippen molar-refractivity contribution in [2.45, 2.75) is 39.4 Å². The molecule has 3 rings (SSSR count). The summed E-state index contributed by atoms with van der Waals surface area (Å²) in [5.41, 5.74) is 2.73. The largest absolute Gasteiger partial charge is 0.384 e. The second kappa shape index (κ2) is 6.30. The molecule has 0 saturated carbocycles. The third-order valence-corrected chi connectivity index (χ3v) is 5.05. The van der Waals surface area contributed by atoms with Gasteiger partial charge < -0.3 is 4.74 Å². The first kappa shape index (κ1) is 14.8. The van der Waals surface area contributed by atoms with Crippen molar-refractivity contribution in [3.05, 3.63) is 39.3 Å². The van der Waals surface area contributed by atoms with Crippen molar-refractivity contribution in [1.82, 2.24) is 14.7 Å². The van der Waals surface area contributed by atoms with Gasteiger partial charge in [0.15, 0.2) is 0 Å². The van der Waals surface area contributed by atoms with E-state index in [0.29, 0.717) is 5.92 Å². The average Bonchev–Trinajstić information content (AvgIpc) is 3.05. The molecule has 0 spiro atoms. The summed E-state index contributed by atoms with van der Waals surface area (Å²) < 4.78 is 7.58. The highest BCUT2D eigenvalue weighted by molar-refractivity contribution is 7.11. The quantitative estimate of drug-likeness (QED) is 0.850. The van der Waals surface area contributed by atoms with E-state index in [1.807, 2.05) is 17.5 Å². The van der Waals surface area contributed by atoms with Gasteiger partial charge in [-0.25, -0.2) is 0 Å². The van der Waals surface area contributed by atoms with Gasteiger partial charge in [0, 0.05) is 60.2 Å². The molecule has 2 aromatic heterocycles. The van der Waals surface area contributed by atoms with Crippen LogP contribution in [0.3, 0.4) is 0 Å². The molecule has 0 aromatic carbocycles. The van der Waals surface area contributed by atoms with Crippen LogP contribution in [-0.2, 0) is 24.4 Å². The molecule has 1 aliphatic heterocycles.